The molecular formula is C12H13Cl3N4OS. The first-order valence-electron chi connectivity index (χ1n) is 6.09. The maximum absolute atomic E-state index is 11.9. The van der Waals surface area contributed by atoms with Crippen LogP contribution in [0.3, 0.4) is 0 Å². The van der Waals surface area contributed by atoms with E-state index in [1.807, 2.05) is 35.1 Å². The predicted octanol–water partition coefficient (Wildman–Crippen LogP) is 3.01. The van der Waals surface area contributed by atoms with Crippen molar-refractivity contribution < 1.29 is 4.79 Å². The molecule has 114 valence electrons. The molecule has 1 unspecified atom stereocenters. The van der Waals surface area contributed by atoms with Crippen molar-refractivity contribution in [3.63, 3.8) is 0 Å². The third kappa shape index (κ3) is 4.16. The Kier molecular flexibility index (Phi) is 5.60. The van der Waals surface area contributed by atoms with Gasteiger partial charge >= 0.3 is 0 Å². The molecule has 1 amide bonds. The van der Waals surface area contributed by atoms with Crippen LogP contribution in [0, 0.1) is 0 Å². The number of carbonyl (C=O) groups excluding carboxylic acids is 1. The molecule has 0 saturated carbocycles. The zero-order valence-corrected chi connectivity index (χ0v) is 14.2. The van der Waals surface area contributed by atoms with E-state index in [1.54, 1.807) is 11.8 Å². The summed E-state index contributed by atoms with van der Waals surface area (Å²) in [6.45, 7) is 0. The molecule has 1 atom stereocenters. The van der Waals surface area contributed by atoms with E-state index in [9.17, 15) is 4.79 Å². The van der Waals surface area contributed by atoms with E-state index in [4.69, 9.17) is 34.8 Å². The maximum Gasteiger partial charge on any atom is 0.272 e. The number of halogens is 3. The van der Waals surface area contributed by atoms with E-state index in [1.165, 1.54) is 0 Å². The van der Waals surface area contributed by atoms with Crippen LogP contribution in [-0.4, -0.2) is 36.3 Å². The van der Waals surface area contributed by atoms with Gasteiger partial charge in [0.25, 0.3) is 9.70 Å². The van der Waals surface area contributed by atoms with Gasteiger partial charge in [0.1, 0.15) is 0 Å². The molecule has 0 saturated heterocycles. The van der Waals surface area contributed by atoms with Gasteiger partial charge in [0.15, 0.2) is 11.5 Å². The van der Waals surface area contributed by atoms with E-state index in [2.05, 4.69) is 15.5 Å². The molecule has 5 nitrogen and oxygen atoms in total. The maximum atomic E-state index is 11.9. The number of rotatable bonds is 5. The summed E-state index contributed by atoms with van der Waals surface area (Å²) in [5.74, 6) is 0.764. The van der Waals surface area contributed by atoms with Gasteiger partial charge in [-0.2, -0.15) is 11.8 Å². The fraction of sp³-hybridized carbons (Fsp3) is 0.417. The molecule has 2 rings (SSSR count). The Hall–Kier alpha value is -0.690. The lowest BCUT2D eigenvalue weighted by atomic mass is 10.2. The van der Waals surface area contributed by atoms with E-state index in [0.717, 1.165) is 5.75 Å². The zero-order chi connectivity index (χ0) is 15.5. The third-order valence-corrected chi connectivity index (χ3v) is 3.98. The fourth-order valence-corrected chi connectivity index (χ4v) is 2.47. The second-order valence-corrected chi connectivity index (χ2v) is 7.56. The van der Waals surface area contributed by atoms with Gasteiger partial charge in [0.05, 0.1) is 6.04 Å². The number of aromatic nitrogens is 3. The van der Waals surface area contributed by atoms with Gasteiger partial charge in [-0.1, -0.05) is 40.9 Å². The number of nitrogens with one attached hydrogen (secondary N) is 1. The van der Waals surface area contributed by atoms with Gasteiger partial charge in [0.2, 0.25) is 0 Å². The number of hydrogen-bond acceptors (Lipinski definition) is 4. The minimum absolute atomic E-state index is 0.377. The molecule has 0 spiro atoms. The third-order valence-electron chi connectivity index (χ3n) is 2.83. The van der Waals surface area contributed by atoms with Crippen molar-refractivity contribution in [1.29, 1.82) is 0 Å². The number of nitrogens with zero attached hydrogens (tertiary/aromatic N) is 3. The summed E-state index contributed by atoms with van der Waals surface area (Å²) < 4.78 is -0.193. The van der Waals surface area contributed by atoms with Crippen molar-refractivity contribution in [1.82, 2.24) is 19.9 Å². The van der Waals surface area contributed by atoms with Crippen LogP contribution in [0.4, 0.5) is 0 Å². The van der Waals surface area contributed by atoms with Crippen LogP contribution in [0.5, 0.6) is 0 Å². The molecule has 0 aromatic carbocycles. The van der Waals surface area contributed by atoms with Crippen LogP contribution in [0.1, 0.15) is 18.3 Å². The van der Waals surface area contributed by atoms with Gasteiger partial charge < -0.3 is 5.32 Å². The van der Waals surface area contributed by atoms with E-state index in [0.29, 0.717) is 17.9 Å². The smallest absolute Gasteiger partial charge is 0.272 e. The molecular weight excluding hydrogens is 355 g/mol. The number of thioether (sulfide) groups is 1. The van der Waals surface area contributed by atoms with Crippen LogP contribution in [-0.2, 0) is 4.79 Å². The van der Waals surface area contributed by atoms with E-state index < -0.39 is 9.70 Å². The van der Waals surface area contributed by atoms with Crippen molar-refractivity contribution in [2.45, 2.75) is 16.3 Å². The molecule has 0 radical (unpaired) electrons. The average molecular weight is 368 g/mol. The Morgan fingerprint density at radius 2 is 2.19 bits per heavy atom. The number of pyridine rings is 1. The summed E-state index contributed by atoms with van der Waals surface area (Å²) in [6.07, 6.45) is 4.47. The molecule has 9 heteroatoms. The SMILES string of the molecule is CSCCC(NC(=O)C(Cl)(Cl)Cl)c1nnc2ccccn12. The highest BCUT2D eigenvalue weighted by molar-refractivity contribution is 7.98. The lowest BCUT2D eigenvalue weighted by Gasteiger charge is -2.19. The molecule has 2 aromatic rings. The topological polar surface area (TPSA) is 59.3 Å². The van der Waals surface area contributed by atoms with Gasteiger partial charge in [0, 0.05) is 6.20 Å². The number of hydrogen-bond donors (Lipinski definition) is 1. The normalized spacial score (nSPS) is 13.3. The lowest BCUT2D eigenvalue weighted by molar-refractivity contribution is -0.121. The summed E-state index contributed by atoms with van der Waals surface area (Å²) in [7, 11) is 0. The summed E-state index contributed by atoms with van der Waals surface area (Å²) in [5, 5.41) is 10.9. The molecule has 0 aliphatic rings. The second-order valence-electron chi connectivity index (χ2n) is 4.29. The summed E-state index contributed by atoms with van der Waals surface area (Å²) in [5.41, 5.74) is 0.699. The minimum Gasteiger partial charge on any atom is -0.342 e. The number of alkyl halides is 3. The monoisotopic (exact) mass is 366 g/mol. The molecule has 2 heterocycles. The number of fused-ring (bicyclic) bond motifs is 1. The van der Waals surface area contributed by atoms with Crippen molar-refractivity contribution in [2.75, 3.05) is 12.0 Å². The minimum atomic E-state index is -2.00. The van der Waals surface area contributed by atoms with E-state index in [-0.39, 0.29) is 6.04 Å². The van der Waals surface area contributed by atoms with E-state index >= 15 is 0 Å². The highest BCUT2D eigenvalue weighted by Gasteiger charge is 2.33. The Balaban J connectivity index is 2.29. The fourth-order valence-electron chi connectivity index (χ4n) is 1.84. The van der Waals surface area contributed by atoms with Crippen molar-refractivity contribution >= 4 is 58.1 Å². The summed E-state index contributed by atoms with van der Waals surface area (Å²) in [6, 6.07) is 5.18. The van der Waals surface area contributed by atoms with Crippen LogP contribution < -0.4 is 5.32 Å². The first-order valence-corrected chi connectivity index (χ1v) is 8.62. The van der Waals surface area contributed by atoms with Gasteiger partial charge in [-0.15, -0.1) is 10.2 Å². The Labute approximate surface area is 141 Å². The van der Waals surface area contributed by atoms with Crippen LogP contribution in [0.2, 0.25) is 0 Å². The molecule has 0 bridgehead atoms. The standard InChI is InChI=1S/C12H13Cl3N4OS/c1-21-7-5-8(16-11(20)12(13,14)15)10-18-17-9-4-2-3-6-19(9)10/h2-4,6,8H,5,7H2,1H3,(H,16,20). The van der Waals surface area contributed by atoms with Crippen molar-refractivity contribution in [2.24, 2.45) is 0 Å². The predicted molar refractivity (Wildman–Crippen MR) is 87.2 cm³/mol. The molecule has 2 aromatic heterocycles. The van der Waals surface area contributed by atoms with Gasteiger partial charge in [-0.25, -0.2) is 0 Å². The molecule has 0 fully saturated rings. The average Bonchev–Trinajstić information content (AvgIpc) is 2.86. The molecule has 0 aliphatic heterocycles. The quantitative estimate of drug-likeness (QED) is 0.825. The van der Waals surface area contributed by atoms with Crippen LogP contribution in [0.15, 0.2) is 24.4 Å². The van der Waals surface area contributed by atoms with Crippen LogP contribution in [0.25, 0.3) is 5.65 Å². The molecule has 0 aliphatic carbocycles. The number of amides is 1. The zero-order valence-electron chi connectivity index (χ0n) is 11.1. The lowest BCUT2D eigenvalue weighted by Crippen LogP contribution is -2.38. The van der Waals surface area contributed by atoms with Gasteiger partial charge in [-0.3, -0.25) is 9.20 Å². The van der Waals surface area contributed by atoms with Crippen molar-refractivity contribution in [3.8, 4) is 0 Å². The van der Waals surface area contributed by atoms with Crippen LogP contribution >= 0.6 is 46.6 Å². The highest BCUT2D eigenvalue weighted by Crippen LogP contribution is 2.28. The Morgan fingerprint density at radius 1 is 1.43 bits per heavy atom. The highest BCUT2D eigenvalue weighted by atomic mass is 35.6. The first kappa shape index (κ1) is 16.7. The summed E-state index contributed by atoms with van der Waals surface area (Å²) in [4.78, 5) is 11.9. The second kappa shape index (κ2) is 7.05. The summed E-state index contributed by atoms with van der Waals surface area (Å²) >= 11 is 18.5. The largest absolute Gasteiger partial charge is 0.342 e. The first-order chi connectivity index (χ1) is 9.93. The Bertz CT molecular complexity index is 628. The van der Waals surface area contributed by atoms with Gasteiger partial charge in [-0.05, 0) is 30.6 Å². The molecule has 21 heavy (non-hydrogen) atoms. The Morgan fingerprint density at radius 3 is 2.86 bits per heavy atom. The molecule has 1 N–H and O–H groups in total. The van der Waals surface area contributed by atoms with Crippen molar-refractivity contribution in [3.05, 3.63) is 30.2 Å². The number of carbonyl (C=O) groups is 1.